The molecule has 0 radical (unpaired) electrons. The summed E-state index contributed by atoms with van der Waals surface area (Å²) in [6.45, 7) is 6.94. The quantitative estimate of drug-likeness (QED) is 0.658. The Morgan fingerprint density at radius 3 is 2.78 bits per heavy atom. The number of benzene rings is 2. The Morgan fingerprint density at radius 1 is 1.19 bits per heavy atom. The van der Waals surface area contributed by atoms with E-state index in [0.29, 0.717) is 19.0 Å². The molecule has 3 aromatic rings. The standard InChI is InChI=1S/C22H27N3O2/c1-4-17-8-7-9-18(14-17)27-15-22(26)23-13-12-21-24-19-10-5-6-11-20(19)25(21)16(2)3/h5-11,14,16H,4,12-13,15H2,1-3H3,(H,23,26). The molecule has 0 aliphatic heterocycles. The lowest BCUT2D eigenvalue weighted by atomic mass is 10.2. The van der Waals surface area contributed by atoms with Crippen molar-refractivity contribution in [1.29, 1.82) is 0 Å². The predicted molar refractivity (Wildman–Crippen MR) is 108 cm³/mol. The highest BCUT2D eigenvalue weighted by Crippen LogP contribution is 2.21. The highest BCUT2D eigenvalue weighted by molar-refractivity contribution is 5.78. The van der Waals surface area contributed by atoms with Gasteiger partial charge in [0.2, 0.25) is 0 Å². The van der Waals surface area contributed by atoms with E-state index in [2.05, 4.69) is 36.7 Å². The van der Waals surface area contributed by atoms with Crippen LogP contribution in [-0.2, 0) is 17.6 Å². The summed E-state index contributed by atoms with van der Waals surface area (Å²) in [5.41, 5.74) is 3.32. The van der Waals surface area contributed by atoms with E-state index < -0.39 is 0 Å². The monoisotopic (exact) mass is 365 g/mol. The van der Waals surface area contributed by atoms with Crippen molar-refractivity contribution >= 4 is 16.9 Å². The van der Waals surface area contributed by atoms with E-state index >= 15 is 0 Å². The van der Waals surface area contributed by atoms with E-state index in [1.165, 1.54) is 5.56 Å². The highest BCUT2D eigenvalue weighted by Gasteiger charge is 2.13. The Labute approximate surface area is 160 Å². The van der Waals surface area contributed by atoms with Gasteiger partial charge in [0.25, 0.3) is 5.91 Å². The molecule has 1 amide bonds. The summed E-state index contributed by atoms with van der Waals surface area (Å²) in [4.78, 5) is 16.8. The SMILES string of the molecule is CCc1cccc(OCC(=O)NCCc2nc3ccccc3n2C(C)C)c1. The number of carbonyl (C=O) groups excluding carboxylic acids is 1. The van der Waals surface area contributed by atoms with Crippen molar-refractivity contribution in [1.82, 2.24) is 14.9 Å². The van der Waals surface area contributed by atoms with Gasteiger partial charge in [-0.1, -0.05) is 31.2 Å². The minimum Gasteiger partial charge on any atom is -0.484 e. The number of aryl methyl sites for hydroxylation is 1. The molecule has 5 nitrogen and oxygen atoms in total. The molecule has 0 unspecified atom stereocenters. The minimum absolute atomic E-state index is 0.0216. The summed E-state index contributed by atoms with van der Waals surface area (Å²) in [6, 6.07) is 16.3. The van der Waals surface area contributed by atoms with Gasteiger partial charge < -0.3 is 14.6 Å². The van der Waals surface area contributed by atoms with Crippen molar-refractivity contribution in [3.63, 3.8) is 0 Å². The van der Waals surface area contributed by atoms with Gasteiger partial charge in [-0.25, -0.2) is 4.98 Å². The molecular formula is C22H27N3O2. The van der Waals surface area contributed by atoms with E-state index in [0.717, 1.165) is 29.0 Å². The summed E-state index contributed by atoms with van der Waals surface area (Å²) in [6.07, 6.45) is 1.63. The lowest BCUT2D eigenvalue weighted by Gasteiger charge is -2.13. The first-order valence-corrected chi connectivity index (χ1v) is 9.52. The van der Waals surface area contributed by atoms with Crippen LogP contribution in [0.1, 0.15) is 38.2 Å². The Hall–Kier alpha value is -2.82. The summed E-state index contributed by atoms with van der Waals surface area (Å²) in [7, 11) is 0. The van der Waals surface area contributed by atoms with Crippen LogP contribution in [0.5, 0.6) is 5.75 Å². The lowest BCUT2D eigenvalue weighted by molar-refractivity contribution is -0.123. The molecule has 0 saturated carbocycles. The molecule has 1 heterocycles. The molecule has 142 valence electrons. The maximum atomic E-state index is 12.1. The number of nitrogens with zero attached hydrogens (tertiary/aromatic N) is 2. The number of fused-ring (bicyclic) bond motifs is 1. The summed E-state index contributed by atoms with van der Waals surface area (Å²) < 4.78 is 7.82. The van der Waals surface area contributed by atoms with Gasteiger partial charge in [-0.3, -0.25) is 4.79 Å². The Balaban J connectivity index is 1.54. The van der Waals surface area contributed by atoms with Crippen molar-refractivity contribution in [2.45, 2.75) is 39.7 Å². The average Bonchev–Trinajstić information content (AvgIpc) is 3.05. The van der Waals surface area contributed by atoms with Gasteiger partial charge in [0, 0.05) is 19.0 Å². The number of nitrogens with one attached hydrogen (secondary N) is 1. The van der Waals surface area contributed by atoms with Crippen molar-refractivity contribution in [3.8, 4) is 5.75 Å². The van der Waals surface area contributed by atoms with Crippen LogP contribution in [0.4, 0.5) is 0 Å². The van der Waals surface area contributed by atoms with Gasteiger partial charge in [0.15, 0.2) is 6.61 Å². The van der Waals surface area contributed by atoms with Crippen LogP contribution in [-0.4, -0.2) is 28.6 Å². The van der Waals surface area contributed by atoms with Gasteiger partial charge >= 0.3 is 0 Å². The molecule has 2 aromatic carbocycles. The number of imidazole rings is 1. The summed E-state index contributed by atoms with van der Waals surface area (Å²) in [5, 5.41) is 2.92. The number of rotatable bonds is 8. The molecule has 1 N–H and O–H groups in total. The third kappa shape index (κ3) is 4.67. The molecule has 0 fully saturated rings. The molecule has 0 atom stereocenters. The number of para-hydroxylation sites is 2. The molecule has 5 heteroatoms. The topological polar surface area (TPSA) is 56.1 Å². The molecule has 0 bridgehead atoms. The van der Waals surface area contributed by atoms with Crippen LogP contribution in [0, 0.1) is 0 Å². The fraction of sp³-hybridized carbons (Fsp3) is 0.364. The number of ether oxygens (including phenoxy) is 1. The molecule has 3 rings (SSSR count). The van der Waals surface area contributed by atoms with Gasteiger partial charge in [0.1, 0.15) is 11.6 Å². The van der Waals surface area contributed by atoms with E-state index in [1.54, 1.807) is 0 Å². The first-order chi connectivity index (χ1) is 13.1. The molecular weight excluding hydrogens is 338 g/mol. The second-order valence-corrected chi connectivity index (χ2v) is 6.87. The first-order valence-electron chi connectivity index (χ1n) is 9.52. The number of hydrogen-bond acceptors (Lipinski definition) is 3. The van der Waals surface area contributed by atoms with Crippen LogP contribution >= 0.6 is 0 Å². The highest BCUT2D eigenvalue weighted by atomic mass is 16.5. The van der Waals surface area contributed by atoms with Crippen LogP contribution in [0.3, 0.4) is 0 Å². The smallest absolute Gasteiger partial charge is 0.257 e. The summed E-state index contributed by atoms with van der Waals surface area (Å²) >= 11 is 0. The van der Waals surface area contributed by atoms with E-state index in [4.69, 9.17) is 9.72 Å². The number of hydrogen-bond donors (Lipinski definition) is 1. The third-order valence-electron chi connectivity index (χ3n) is 4.53. The minimum atomic E-state index is -0.121. The van der Waals surface area contributed by atoms with Gasteiger partial charge in [-0.15, -0.1) is 0 Å². The van der Waals surface area contributed by atoms with Crippen molar-refractivity contribution in [3.05, 3.63) is 59.9 Å². The van der Waals surface area contributed by atoms with E-state index in [1.807, 2.05) is 42.5 Å². The zero-order valence-corrected chi connectivity index (χ0v) is 16.2. The molecule has 0 aliphatic carbocycles. The second-order valence-electron chi connectivity index (χ2n) is 6.87. The Kier molecular flexibility index (Phi) is 6.12. The summed E-state index contributed by atoms with van der Waals surface area (Å²) in [5.74, 6) is 1.60. The normalized spacial score (nSPS) is 11.1. The van der Waals surface area contributed by atoms with Crippen molar-refractivity contribution in [2.75, 3.05) is 13.2 Å². The van der Waals surface area contributed by atoms with E-state index in [9.17, 15) is 4.79 Å². The zero-order valence-electron chi connectivity index (χ0n) is 16.2. The van der Waals surface area contributed by atoms with Crippen LogP contribution in [0.25, 0.3) is 11.0 Å². The predicted octanol–water partition coefficient (Wildman–Crippen LogP) is 3.92. The molecule has 1 aromatic heterocycles. The van der Waals surface area contributed by atoms with Crippen molar-refractivity contribution < 1.29 is 9.53 Å². The van der Waals surface area contributed by atoms with Crippen LogP contribution < -0.4 is 10.1 Å². The Morgan fingerprint density at radius 2 is 2.00 bits per heavy atom. The largest absolute Gasteiger partial charge is 0.484 e. The van der Waals surface area contributed by atoms with Gasteiger partial charge in [-0.2, -0.15) is 0 Å². The number of aromatic nitrogens is 2. The average molecular weight is 365 g/mol. The van der Waals surface area contributed by atoms with Gasteiger partial charge in [-0.05, 0) is 50.1 Å². The number of amides is 1. The first kappa shape index (κ1) is 19.0. The fourth-order valence-corrected chi connectivity index (χ4v) is 3.22. The zero-order chi connectivity index (χ0) is 19.2. The fourth-order valence-electron chi connectivity index (χ4n) is 3.22. The number of carbonyl (C=O) groups is 1. The maximum absolute atomic E-state index is 12.1. The van der Waals surface area contributed by atoms with Crippen molar-refractivity contribution in [2.24, 2.45) is 0 Å². The molecule has 27 heavy (non-hydrogen) atoms. The van der Waals surface area contributed by atoms with E-state index in [-0.39, 0.29) is 12.5 Å². The Bertz CT molecular complexity index is 915. The maximum Gasteiger partial charge on any atom is 0.257 e. The third-order valence-corrected chi connectivity index (χ3v) is 4.53. The second kappa shape index (κ2) is 8.71. The van der Waals surface area contributed by atoms with Crippen LogP contribution in [0.2, 0.25) is 0 Å². The molecule has 0 spiro atoms. The van der Waals surface area contributed by atoms with Crippen LogP contribution in [0.15, 0.2) is 48.5 Å². The molecule has 0 saturated heterocycles. The lowest BCUT2D eigenvalue weighted by Crippen LogP contribution is -2.31. The van der Waals surface area contributed by atoms with Gasteiger partial charge in [0.05, 0.1) is 11.0 Å². The molecule has 0 aliphatic rings.